The molecule has 0 atom stereocenters. The molecule has 1 fully saturated rings. The molecule has 2 aromatic heterocycles. The van der Waals surface area contributed by atoms with Crippen LogP contribution >= 0.6 is 0 Å². The van der Waals surface area contributed by atoms with E-state index in [1.165, 1.54) is 0 Å². The molecule has 8 heteroatoms. The van der Waals surface area contributed by atoms with E-state index in [9.17, 15) is 0 Å². The van der Waals surface area contributed by atoms with E-state index in [4.69, 9.17) is 14.0 Å². The van der Waals surface area contributed by atoms with E-state index in [-0.39, 0.29) is 0 Å². The Labute approximate surface area is 192 Å². The quantitative estimate of drug-likeness (QED) is 0.440. The molecule has 0 N–H and O–H groups in total. The van der Waals surface area contributed by atoms with Crippen molar-refractivity contribution in [2.75, 3.05) is 50.2 Å². The fraction of sp³-hybridized carbons (Fsp3) is 0.240. The average Bonchev–Trinajstić information content (AvgIpc) is 3.39. The minimum absolute atomic E-state index is 0.445. The minimum Gasteiger partial charge on any atom is -0.497 e. The molecule has 0 amide bonds. The molecule has 0 bridgehead atoms. The molecular weight excluding hydrogens is 418 g/mol. The molecule has 1 aliphatic heterocycles. The van der Waals surface area contributed by atoms with Crippen molar-refractivity contribution < 1.29 is 14.0 Å². The second kappa shape index (κ2) is 9.20. The summed E-state index contributed by atoms with van der Waals surface area (Å²) in [6.07, 6.45) is 1.78. The Morgan fingerprint density at radius 1 is 0.788 bits per heavy atom. The monoisotopic (exact) mass is 443 g/mol. The maximum atomic E-state index is 5.51. The minimum atomic E-state index is 0.445. The first-order valence-electron chi connectivity index (χ1n) is 10.8. The van der Waals surface area contributed by atoms with E-state index < -0.39 is 0 Å². The molecule has 4 aromatic rings. The van der Waals surface area contributed by atoms with Gasteiger partial charge in [0.05, 0.1) is 25.5 Å². The zero-order valence-electron chi connectivity index (χ0n) is 18.6. The summed E-state index contributed by atoms with van der Waals surface area (Å²) in [4.78, 5) is 13.8. The molecule has 0 aliphatic carbocycles. The van der Waals surface area contributed by atoms with Gasteiger partial charge in [-0.25, -0.2) is 4.98 Å². The standard InChI is InChI=1S/C25H25N5O3/c1-31-20-10-7-18(8-11-20)24-27-25(33-28-24)19-9-12-23(26-17-19)30-15-13-29(14-16-30)21-5-3-4-6-22(21)32-2/h3-12,17H,13-16H2,1-2H3. The lowest BCUT2D eigenvalue weighted by atomic mass is 10.2. The molecule has 0 saturated carbocycles. The molecule has 1 aliphatic rings. The molecule has 5 rings (SSSR count). The lowest BCUT2D eigenvalue weighted by Crippen LogP contribution is -2.46. The molecule has 2 aromatic carbocycles. The summed E-state index contributed by atoms with van der Waals surface area (Å²) in [6, 6.07) is 19.7. The largest absolute Gasteiger partial charge is 0.497 e. The first-order chi connectivity index (χ1) is 16.2. The second-order valence-electron chi connectivity index (χ2n) is 7.70. The Kier molecular flexibility index (Phi) is 5.80. The SMILES string of the molecule is COc1ccc(-c2noc(-c3ccc(N4CCN(c5ccccc5OC)CC4)nc3)n2)cc1. The highest BCUT2D eigenvalue weighted by molar-refractivity contribution is 5.62. The van der Waals surface area contributed by atoms with Crippen LogP contribution in [-0.4, -0.2) is 55.5 Å². The predicted octanol–water partition coefficient (Wildman–Crippen LogP) is 4.14. The van der Waals surface area contributed by atoms with Crippen molar-refractivity contribution in [1.82, 2.24) is 15.1 Å². The van der Waals surface area contributed by atoms with Gasteiger partial charge >= 0.3 is 0 Å². The van der Waals surface area contributed by atoms with Crippen molar-refractivity contribution in [3.05, 3.63) is 66.9 Å². The number of rotatable bonds is 6. The molecule has 0 radical (unpaired) electrons. The van der Waals surface area contributed by atoms with Gasteiger partial charge in [0.2, 0.25) is 5.82 Å². The second-order valence-corrected chi connectivity index (χ2v) is 7.70. The fourth-order valence-electron chi connectivity index (χ4n) is 3.97. The van der Waals surface area contributed by atoms with Crippen molar-refractivity contribution in [2.24, 2.45) is 0 Å². The van der Waals surface area contributed by atoms with E-state index in [2.05, 4.69) is 31.0 Å². The zero-order chi connectivity index (χ0) is 22.6. The highest BCUT2D eigenvalue weighted by Crippen LogP contribution is 2.29. The van der Waals surface area contributed by atoms with Gasteiger partial charge in [0.15, 0.2) is 0 Å². The van der Waals surface area contributed by atoms with Crippen LogP contribution in [0.3, 0.4) is 0 Å². The summed E-state index contributed by atoms with van der Waals surface area (Å²) in [7, 11) is 3.35. The third-order valence-corrected chi connectivity index (χ3v) is 5.80. The van der Waals surface area contributed by atoms with Crippen LogP contribution in [0.4, 0.5) is 11.5 Å². The summed E-state index contributed by atoms with van der Waals surface area (Å²) in [5, 5.41) is 4.10. The number of hydrogen-bond donors (Lipinski definition) is 0. The Bertz CT molecular complexity index is 1200. The van der Waals surface area contributed by atoms with Crippen LogP contribution in [0.1, 0.15) is 0 Å². The van der Waals surface area contributed by atoms with E-state index in [0.29, 0.717) is 11.7 Å². The summed E-state index contributed by atoms with van der Waals surface area (Å²) in [6.45, 7) is 3.57. The van der Waals surface area contributed by atoms with Gasteiger partial charge in [-0.3, -0.25) is 0 Å². The maximum Gasteiger partial charge on any atom is 0.259 e. The summed E-state index contributed by atoms with van der Waals surface area (Å²) < 4.78 is 16.2. The number of pyridine rings is 1. The van der Waals surface area contributed by atoms with Crippen LogP contribution in [0.15, 0.2) is 71.4 Å². The topological polar surface area (TPSA) is 76.8 Å². The first-order valence-corrected chi connectivity index (χ1v) is 10.8. The highest BCUT2D eigenvalue weighted by Gasteiger charge is 2.21. The lowest BCUT2D eigenvalue weighted by molar-refractivity contribution is 0.413. The molecule has 0 unspecified atom stereocenters. The van der Waals surface area contributed by atoms with E-state index in [0.717, 1.165) is 60.3 Å². The van der Waals surface area contributed by atoms with Crippen LogP contribution in [0.5, 0.6) is 11.5 Å². The van der Waals surface area contributed by atoms with E-state index in [1.807, 2.05) is 54.6 Å². The first kappa shape index (κ1) is 20.8. The number of nitrogens with zero attached hydrogens (tertiary/aromatic N) is 5. The number of para-hydroxylation sites is 2. The van der Waals surface area contributed by atoms with Crippen molar-refractivity contribution in [3.63, 3.8) is 0 Å². The van der Waals surface area contributed by atoms with E-state index >= 15 is 0 Å². The van der Waals surface area contributed by atoms with Gasteiger partial charge in [0.1, 0.15) is 17.3 Å². The molecule has 1 saturated heterocycles. The molecule has 0 spiro atoms. The molecular formula is C25H25N5O3. The van der Waals surface area contributed by atoms with Gasteiger partial charge in [0, 0.05) is 37.9 Å². The van der Waals surface area contributed by atoms with Crippen molar-refractivity contribution >= 4 is 11.5 Å². The number of ether oxygens (including phenoxy) is 2. The number of benzene rings is 2. The number of hydrogen-bond acceptors (Lipinski definition) is 8. The van der Waals surface area contributed by atoms with Crippen LogP contribution in [0.25, 0.3) is 22.8 Å². The highest BCUT2D eigenvalue weighted by atomic mass is 16.5. The van der Waals surface area contributed by atoms with Crippen LogP contribution in [0, 0.1) is 0 Å². The van der Waals surface area contributed by atoms with Gasteiger partial charge in [-0.05, 0) is 48.5 Å². The third kappa shape index (κ3) is 4.32. The van der Waals surface area contributed by atoms with Crippen molar-refractivity contribution in [2.45, 2.75) is 0 Å². The van der Waals surface area contributed by atoms with Gasteiger partial charge in [-0.15, -0.1) is 0 Å². The van der Waals surface area contributed by atoms with Crippen LogP contribution < -0.4 is 19.3 Å². The van der Waals surface area contributed by atoms with Crippen LogP contribution in [-0.2, 0) is 0 Å². The van der Waals surface area contributed by atoms with Gasteiger partial charge < -0.3 is 23.8 Å². The van der Waals surface area contributed by atoms with Gasteiger partial charge in [0.25, 0.3) is 5.89 Å². The van der Waals surface area contributed by atoms with E-state index in [1.54, 1.807) is 20.4 Å². The maximum absolute atomic E-state index is 5.51. The smallest absolute Gasteiger partial charge is 0.259 e. The van der Waals surface area contributed by atoms with Crippen molar-refractivity contribution in [3.8, 4) is 34.3 Å². The Balaban J connectivity index is 1.24. The molecule has 8 nitrogen and oxygen atoms in total. The lowest BCUT2D eigenvalue weighted by Gasteiger charge is -2.37. The average molecular weight is 444 g/mol. The summed E-state index contributed by atoms with van der Waals surface area (Å²) in [5.74, 6) is 3.60. The summed E-state index contributed by atoms with van der Waals surface area (Å²) >= 11 is 0. The summed E-state index contributed by atoms with van der Waals surface area (Å²) in [5.41, 5.74) is 2.79. The Hall–Kier alpha value is -4.07. The number of aromatic nitrogens is 3. The zero-order valence-corrected chi connectivity index (χ0v) is 18.6. The fourth-order valence-corrected chi connectivity index (χ4v) is 3.97. The predicted molar refractivity (Wildman–Crippen MR) is 127 cm³/mol. The Morgan fingerprint density at radius 3 is 2.21 bits per heavy atom. The number of piperazine rings is 1. The number of anilines is 2. The normalized spacial score (nSPS) is 13.8. The molecule has 168 valence electrons. The molecule has 3 heterocycles. The molecule has 33 heavy (non-hydrogen) atoms. The van der Waals surface area contributed by atoms with Crippen LogP contribution in [0.2, 0.25) is 0 Å². The van der Waals surface area contributed by atoms with Gasteiger partial charge in [-0.1, -0.05) is 17.3 Å². The number of methoxy groups -OCH3 is 2. The van der Waals surface area contributed by atoms with Crippen molar-refractivity contribution in [1.29, 1.82) is 0 Å². The Morgan fingerprint density at radius 2 is 1.52 bits per heavy atom. The third-order valence-electron chi connectivity index (χ3n) is 5.80. The van der Waals surface area contributed by atoms with Gasteiger partial charge in [-0.2, -0.15) is 4.98 Å².